The highest BCUT2D eigenvalue weighted by molar-refractivity contribution is 5.92. The fourth-order valence-corrected chi connectivity index (χ4v) is 3.07. The molecule has 1 aromatic rings. The van der Waals surface area contributed by atoms with Crippen LogP contribution in [-0.2, 0) is 9.47 Å². The van der Waals surface area contributed by atoms with E-state index in [2.05, 4.69) is 14.9 Å². The van der Waals surface area contributed by atoms with Gasteiger partial charge >= 0.3 is 0 Å². The first-order valence-electron chi connectivity index (χ1n) is 8.16. The third-order valence-electron chi connectivity index (χ3n) is 4.06. The second kappa shape index (κ2) is 6.80. The number of aryl methyl sites for hydroxylation is 1. The van der Waals surface area contributed by atoms with Gasteiger partial charge in [-0.1, -0.05) is 0 Å². The van der Waals surface area contributed by atoms with E-state index >= 15 is 0 Å². The normalized spacial score (nSPS) is 25.5. The van der Waals surface area contributed by atoms with Crippen LogP contribution in [0.25, 0.3) is 0 Å². The molecule has 0 saturated carbocycles. The molecular weight excluding hydrogens is 296 g/mol. The number of ether oxygens (including phenoxy) is 2. The average Bonchev–Trinajstić information content (AvgIpc) is 2.53. The number of morpholine rings is 2. The molecule has 2 fully saturated rings. The van der Waals surface area contributed by atoms with Crippen LogP contribution in [0.1, 0.15) is 30.0 Å². The van der Waals surface area contributed by atoms with Crippen LogP contribution < -0.4 is 4.90 Å². The van der Waals surface area contributed by atoms with E-state index in [0.717, 1.165) is 18.8 Å². The Morgan fingerprint density at radius 2 is 1.83 bits per heavy atom. The van der Waals surface area contributed by atoms with Gasteiger partial charge in [-0.15, -0.1) is 0 Å². The molecule has 3 rings (SSSR count). The van der Waals surface area contributed by atoms with Crippen molar-refractivity contribution in [3.63, 3.8) is 0 Å². The maximum absolute atomic E-state index is 12.8. The molecule has 0 N–H and O–H groups in total. The lowest BCUT2D eigenvalue weighted by Crippen LogP contribution is -2.48. The van der Waals surface area contributed by atoms with Gasteiger partial charge in [0.25, 0.3) is 5.91 Å². The molecule has 2 saturated heterocycles. The summed E-state index contributed by atoms with van der Waals surface area (Å²) < 4.78 is 11.1. The molecule has 0 spiro atoms. The first-order valence-corrected chi connectivity index (χ1v) is 8.16. The molecule has 1 aromatic heterocycles. The third-order valence-corrected chi connectivity index (χ3v) is 4.06. The van der Waals surface area contributed by atoms with E-state index in [-0.39, 0.29) is 18.1 Å². The number of amides is 1. The Morgan fingerprint density at radius 3 is 2.48 bits per heavy atom. The second-order valence-electron chi connectivity index (χ2n) is 6.26. The quantitative estimate of drug-likeness (QED) is 0.805. The van der Waals surface area contributed by atoms with Crippen LogP contribution in [0, 0.1) is 6.92 Å². The van der Waals surface area contributed by atoms with Gasteiger partial charge in [0.1, 0.15) is 5.69 Å². The number of hydrogen-bond donors (Lipinski definition) is 0. The molecule has 2 aliphatic rings. The lowest BCUT2D eigenvalue weighted by Gasteiger charge is -2.35. The molecule has 126 valence electrons. The lowest BCUT2D eigenvalue weighted by atomic mass is 10.2. The molecule has 23 heavy (non-hydrogen) atoms. The summed E-state index contributed by atoms with van der Waals surface area (Å²) in [5, 5.41) is 0. The van der Waals surface area contributed by atoms with Crippen LogP contribution >= 0.6 is 0 Å². The summed E-state index contributed by atoms with van der Waals surface area (Å²) in [6, 6.07) is 1.76. The Morgan fingerprint density at radius 1 is 1.17 bits per heavy atom. The largest absolute Gasteiger partial charge is 0.378 e. The molecular formula is C16H24N4O3. The fraction of sp³-hybridized carbons (Fsp3) is 0.688. The van der Waals surface area contributed by atoms with Gasteiger partial charge in [0, 0.05) is 31.9 Å². The van der Waals surface area contributed by atoms with Crippen molar-refractivity contribution in [1.29, 1.82) is 0 Å². The van der Waals surface area contributed by atoms with Crippen molar-refractivity contribution < 1.29 is 14.3 Å². The summed E-state index contributed by atoms with van der Waals surface area (Å²) in [6.07, 6.45) is 0.0914. The Kier molecular flexibility index (Phi) is 4.77. The van der Waals surface area contributed by atoms with Crippen molar-refractivity contribution in [1.82, 2.24) is 14.9 Å². The van der Waals surface area contributed by atoms with Crippen molar-refractivity contribution in [3.05, 3.63) is 17.5 Å². The molecule has 0 bridgehead atoms. The number of nitrogens with zero attached hydrogens (tertiary/aromatic N) is 4. The Labute approximate surface area is 136 Å². The van der Waals surface area contributed by atoms with E-state index in [9.17, 15) is 4.79 Å². The maximum Gasteiger partial charge on any atom is 0.272 e. The minimum Gasteiger partial charge on any atom is -0.378 e. The first kappa shape index (κ1) is 16.1. The van der Waals surface area contributed by atoms with Gasteiger partial charge in [-0.25, -0.2) is 9.97 Å². The number of rotatable bonds is 2. The zero-order chi connectivity index (χ0) is 16.4. The van der Waals surface area contributed by atoms with Gasteiger partial charge in [0.05, 0.1) is 25.4 Å². The summed E-state index contributed by atoms with van der Waals surface area (Å²) in [4.78, 5) is 25.7. The summed E-state index contributed by atoms with van der Waals surface area (Å²) in [6.45, 7) is 9.90. The predicted octanol–water partition coefficient (Wildman–Crippen LogP) is 0.871. The van der Waals surface area contributed by atoms with Gasteiger partial charge in [-0.3, -0.25) is 4.79 Å². The average molecular weight is 320 g/mol. The maximum atomic E-state index is 12.8. The fourth-order valence-electron chi connectivity index (χ4n) is 3.07. The minimum atomic E-state index is -0.0491. The van der Waals surface area contributed by atoms with Gasteiger partial charge in [0.15, 0.2) is 0 Å². The monoisotopic (exact) mass is 320 g/mol. The highest BCUT2D eigenvalue weighted by atomic mass is 16.5. The van der Waals surface area contributed by atoms with Crippen LogP contribution in [0.4, 0.5) is 5.95 Å². The SMILES string of the molecule is Cc1cc(C(=O)N2C[C@@H](C)O[C@H](C)C2)nc(N2CCOCC2)n1. The topological polar surface area (TPSA) is 67.8 Å². The summed E-state index contributed by atoms with van der Waals surface area (Å²) >= 11 is 0. The van der Waals surface area contributed by atoms with Gasteiger partial charge < -0.3 is 19.3 Å². The number of carbonyl (C=O) groups excluding carboxylic acids is 1. The third kappa shape index (κ3) is 3.79. The van der Waals surface area contributed by atoms with Crippen molar-refractivity contribution in [2.24, 2.45) is 0 Å². The van der Waals surface area contributed by atoms with Crippen molar-refractivity contribution >= 4 is 11.9 Å². The molecule has 1 amide bonds. The lowest BCUT2D eigenvalue weighted by molar-refractivity contribution is -0.0587. The summed E-state index contributed by atoms with van der Waals surface area (Å²) in [5.41, 5.74) is 1.26. The Balaban J connectivity index is 1.81. The Hall–Kier alpha value is -1.73. The van der Waals surface area contributed by atoms with E-state index in [4.69, 9.17) is 9.47 Å². The number of carbonyl (C=O) groups is 1. The van der Waals surface area contributed by atoms with Crippen LogP contribution in [0.2, 0.25) is 0 Å². The molecule has 3 heterocycles. The van der Waals surface area contributed by atoms with E-state index in [0.29, 0.717) is 37.9 Å². The summed E-state index contributed by atoms with van der Waals surface area (Å²) in [7, 11) is 0. The number of hydrogen-bond acceptors (Lipinski definition) is 6. The van der Waals surface area contributed by atoms with Crippen LogP contribution in [0.3, 0.4) is 0 Å². The number of aromatic nitrogens is 2. The van der Waals surface area contributed by atoms with E-state index in [1.54, 1.807) is 6.07 Å². The molecule has 0 aromatic carbocycles. The molecule has 2 aliphatic heterocycles. The smallest absolute Gasteiger partial charge is 0.272 e. The Bertz CT molecular complexity index is 564. The molecule has 0 unspecified atom stereocenters. The molecule has 7 heteroatoms. The molecule has 7 nitrogen and oxygen atoms in total. The standard InChI is InChI=1S/C16H24N4O3/c1-11-8-14(15(21)20-9-12(2)23-13(3)10-20)18-16(17-11)19-4-6-22-7-5-19/h8,12-13H,4-7,9-10H2,1-3H3/t12-,13-/m1/s1. The van der Waals surface area contributed by atoms with Crippen LogP contribution in [-0.4, -0.2) is 72.4 Å². The van der Waals surface area contributed by atoms with E-state index in [1.165, 1.54) is 0 Å². The highest BCUT2D eigenvalue weighted by Gasteiger charge is 2.28. The van der Waals surface area contributed by atoms with Gasteiger partial charge in [-0.2, -0.15) is 0 Å². The van der Waals surface area contributed by atoms with Crippen LogP contribution in [0.5, 0.6) is 0 Å². The minimum absolute atomic E-state index is 0.0457. The molecule has 0 radical (unpaired) electrons. The summed E-state index contributed by atoms with van der Waals surface area (Å²) in [5.74, 6) is 0.568. The van der Waals surface area contributed by atoms with E-state index < -0.39 is 0 Å². The van der Waals surface area contributed by atoms with Gasteiger partial charge in [0.2, 0.25) is 5.95 Å². The zero-order valence-corrected chi connectivity index (χ0v) is 14.0. The molecule has 2 atom stereocenters. The van der Waals surface area contributed by atoms with Crippen molar-refractivity contribution in [2.45, 2.75) is 33.0 Å². The van der Waals surface area contributed by atoms with Crippen LogP contribution in [0.15, 0.2) is 6.07 Å². The van der Waals surface area contributed by atoms with Crippen molar-refractivity contribution in [3.8, 4) is 0 Å². The first-order chi connectivity index (χ1) is 11.0. The van der Waals surface area contributed by atoms with E-state index in [1.807, 2.05) is 25.7 Å². The van der Waals surface area contributed by atoms with Crippen molar-refractivity contribution in [2.75, 3.05) is 44.3 Å². The zero-order valence-electron chi connectivity index (χ0n) is 14.0. The predicted molar refractivity (Wildman–Crippen MR) is 85.7 cm³/mol. The second-order valence-corrected chi connectivity index (χ2v) is 6.26. The highest BCUT2D eigenvalue weighted by Crippen LogP contribution is 2.17. The molecule has 0 aliphatic carbocycles. The number of anilines is 1. The van der Waals surface area contributed by atoms with Gasteiger partial charge in [-0.05, 0) is 26.8 Å².